The van der Waals surface area contributed by atoms with Gasteiger partial charge in [-0.25, -0.2) is 10.1 Å². The van der Waals surface area contributed by atoms with Gasteiger partial charge in [-0.1, -0.05) is 60.7 Å². The average molecular weight is 401 g/mol. The maximum Gasteiger partial charge on any atom is 0.280 e. The standard InChI is InChI=1S/C22H19N5O3/c1-14(29-18-12-11-15-7-5-6-10-17(15)13-18)22(28)25-24-19(16-8-3-2-4-9-16)20-21(23)27-30-26-20/h2-14H,1H3,(H2,23,27)(H,25,28)/b24-19+/t14-/m0/s1. The molecule has 0 bridgehead atoms. The van der Waals surface area contributed by atoms with Crippen LogP contribution in [-0.4, -0.2) is 28.0 Å². The summed E-state index contributed by atoms with van der Waals surface area (Å²) in [5, 5.41) is 13.7. The molecule has 0 saturated carbocycles. The van der Waals surface area contributed by atoms with Gasteiger partial charge >= 0.3 is 0 Å². The predicted molar refractivity (Wildman–Crippen MR) is 113 cm³/mol. The first-order valence-corrected chi connectivity index (χ1v) is 9.28. The molecule has 0 spiro atoms. The quantitative estimate of drug-likeness (QED) is 0.379. The first-order chi connectivity index (χ1) is 14.6. The normalized spacial score (nSPS) is 12.5. The molecular weight excluding hydrogens is 382 g/mol. The highest BCUT2D eigenvalue weighted by molar-refractivity contribution is 6.14. The molecule has 0 aliphatic rings. The van der Waals surface area contributed by atoms with Crippen LogP contribution >= 0.6 is 0 Å². The number of hydrazone groups is 1. The molecule has 0 saturated heterocycles. The Morgan fingerprint density at radius 3 is 2.50 bits per heavy atom. The van der Waals surface area contributed by atoms with Gasteiger partial charge in [-0.05, 0) is 40.1 Å². The van der Waals surface area contributed by atoms with Crippen molar-refractivity contribution in [3.63, 3.8) is 0 Å². The van der Waals surface area contributed by atoms with Crippen LogP contribution in [0.3, 0.4) is 0 Å². The molecule has 0 fully saturated rings. The van der Waals surface area contributed by atoms with Crippen LogP contribution in [0.15, 0.2) is 82.5 Å². The number of ether oxygens (including phenoxy) is 1. The minimum atomic E-state index is -0.778. The zero-order valence-electron chi connectivity index (χ0n) is 16.1. The molecule has 1 amide bonds. The van der Waals surface area contributed by atoms with E-state index in [1.165, 1.54) is 0 Å². The van der Waals surface area contributed by atoms with Crippen LogP contribution in [0.1, 0.15) is 18.2 Å². The number of nitrogens with zero attached hydrogens (tertiary/aromatic N) is 3. The number of carbonyl (C=O) groups excluding carboxylic acids is 1. The summed E-state index contributed by atoms with van der Waals surface area (Å²) in [7, 11) is 0. The van der Waals surface area contributed by atoms with Gasteiger partial charge in [0.2, 0.25) is 0 Å². The van der Waals surface area contributed by atoms with E-state index in [-0.39, 0.29) is 11.5 Å². The molecule has 0 radical (unpaired) electrons. The lowest BCUT2D eigenvalue weighted by Gasteiger charge is -2.14. The van der Waals surface area contributed by atoms with Crippen LogP contribution in [0.4, 0.5) is 5.82 Å². The largest absolute Gasteiger partial charge is 0.481 e. The van der Waals surface area contributed by atoms with Crippen molar-refractivity contribution in [3.05, 3.63) is 84.1 Å². The Labute approximate surface area is 172 Å². The van der Waals surface area contributed by atoms with E-state index in [0.717, 1.165) is 10.8 Å². The number of hydrogen-bond donors (Lipinski definition) is 2. The molecule has 3 aromatic carbocycles. The summed E-state index contributed by atoms with van der Waals surface area (Å²) in [5.74, 6) is 0.243. The fourth-order valence-corrected chi connectivity index (χ4v) is 2.91. The summed E-state index contributed by atoms with van der Waals surface area (Å²) in [5.41, 5.74) is 9.59. The number of nitrogens with one attached hydrogen (secondary N) is 1. The molecule has 0 unspecified atom stereocenters. The molecule has 4 rings (SSSR count). The summed E-state index contributed by atoms with van der Waals surface area (Å²) in [6.45, 7) is 1.65. The molecule has 8 heteroatoms. The summed E-state index contributed by atoms with van der Waals surface area (Å²) in [6, 6.07) is 22.7. The van der Waals surface area contributed by atoms with E-state index in [9.17, 15) is 4.79 Å². The van der Waals surface area contributed by atoms with Crippen molar-refractivity contribution in [1.29, 1.82) is 0 Å². The molecular formula is C22H19N5O3. The number of anilines is 1. The van der Waals surface area contributed by atoms with Crippen LogP contribution in [-0.2, 0) is 4.79 Å². The highest BCUT2D eigenvalue weighted by Gasteiger charge is 2.19. The smallest absolute Gasteiger partial charge is 0.280 e. The SMILES string of the molecule is C[C@H](Oc1ccc2ccccc2c1)C(=O)N/N=C(\c1ccccc1)c1nonc1N. The highest BCUT2D eigenvalue weighted by atomic mass is 16.6. The molecule has 0 aliphatic heterocycles. The minimum absolute atomic E-state index is 0.0762. The Morgan fingerprint density at radius 1 is 1.03 bits per heavy atom. The second-order valence-corrected chi connectivity index (χ2v) is 6.57. The van der Waals surface area contributed by atoms with Gasteiger partial charge in [-0.15, -0.1) is 0 Å². The van der Waals surface area contributed by atoms with Gasteiger partial charge in [-0.2, -0.15) is 5.10 Å². The lowest BCUT2D eigenvalue weighted by Crippen LogP contribution is -2.34. The molecule has 1 aromatic heterocycles. The van der Waals surface area contributed by atoms with Gasteiger partial charge in [0.15, 0.2) is 17.6 Å². The van der Waals surface area contributed by atoms with E-state index >= 15 is 0 Å². The summed E-state index contributed by atoms with van der Waals surface area (Å²) >= 11 is 0. The lowest BCUT2D eigenvalue weighted by atomic mass is 10.1. The number of hydrogen-bond acceptors (Lipinski definition) is 7. The van der Waals surface area contributed by atoms with Crippen molar-refractivity contribution in [2.24, 2.45) is 5.10 Å². The molecule has 8 nitrogen and oxygen atoms in total. The number of nitrogen functional groups attached to an aromatic ring is 1. The topological polar surface area (TPSA) is 116 Å². The van der Waals surface area contributed by atoms with E-state index in [4.69, 9.17) is 10.5 Å². The third-order valence-electron chi connectivity index (χ3n) is 4.47. The van der Waals surface area contributed by atoms with Gasteiger partial charge in [0.25, 0.3) is 5.91 Å². The number of benzene rings is 3. The van der Waals surface area contributed by atoms with Crippen LogP contribution < -0.4 is 15.9 Å². The van der Waals surface area contributed by atoms with Gasteiger partial charge in [-0.3, -0.25) is 4.79 Å². The Hall–Kier alpha value is -4.20. The molecule has 30 heavy (non-hydrogen) atoms. The van der Waals surface area contributed by atoms with Crippen LogP contribution in [0.5, 0.6) is 5.75 Å². The van der Waals surface area contributed by atoms with Crippen molar-refractivity contribution in [1.82, 2.24) is 15.7 Å². The summed E-state index contributed by atoms with van der Waals surface area (Å²) in [6.07, 6.45) is -0.778. The van der Waals surface area contributed by atoms with E-state index in [1.54, 1.807) is 6.92 Å². The summed E-state index contributed by atoms with van der Waals surface area (Å²) < 4.78 is 10.5. The monoisotopic (exact) mass is 401 g/mol. The van der Waals surface area contributed by atoms with Gasteiger partial charge in [0.05, 0.1) is 0 Å². The Kier molecular flexibility index (Phi) is 5.38. The number of carbonyl (C=O) groups is 1. The van der Waals surface area contributed by atoms with Gasteiger partial charge < -0.3 is 10.5 Å². The van der Waals surface area contributed by atoms with Crippen LogP contribution in [0, 0.1) is 0 Å². The maximum absolute atomic E-state index is 12.6. The number of fused-ring (bicyclic) bond motifs is 1. The Bertz CT molecular complexity index is 1200. The van der Waals surface area contributed by atoms with Crippen molar-refractivity contribution in [2.75, 3.05) is 5.73 Å². The van der Waals surface area contributed by atoms with Crippen LogP contribution in [0.25, 0.3) is 10.8 Å². The molecule has 3 N–H and O–H groups in total. The van der Waals surface area contributed by atoms with E-state index in [2.05, 4.69) is 25.5 Å². The van der Waals surface area contributed by atoms with Crippen molar-refractivity contribution >= 4 is 28.2 Å². The third-order valence-corrected chi connectivity index (χ3v) is 4.47. The second-order valence-electron chi connectivity index (χ2n) is 6.57. The second kappa shape index (κ2) is 8.44. The molecule has 1 heterocycles. The number of amides is 1. The Morgan fingerprint density at radius 2 is 1.77 bits per heavy atom. The van der Waals surface area contributed by atoms with Crippen molar-refractivity contribution in [3.8, 4) is 5.75 Å². The number of rotatable bonds is 6. The Balaban J connectivity index is 1.51. The van der Waals surface area contributed by atoms with Crippen molar-refractivity contribution < 1.29 is 14.2 Å². The first kappa shape index (κ1) is 19.1. The maximum atomic E-state index is 12.6. The lowest BCUT2D eigenvalue weighted by molar-refractivity contribution is -0.127. The fourth-order valence-electron chi connectivity index (χ4n) is 2.91. The summed E-state index contributed by atoms with van der Waals surface area (Å²) in [4.78, 5) is 12.6. The number of aromatic nitrogens is 2. The minimum Gasteiger partial charge on any atom is -0.481 e. The van der Waals surface area contributed by atoms with E-state index in [1.807, 2.05) is 72.8 Å². The zero-order valence-corrected chi connectivity index (χ0v) is 16.1. The van der Waals surface area contributed by atoms with Gasteiger partial charge in [0.1, 0.15) is 11.5 Å². The van der Waals surface area contributed by atoms with E-state index in [0.29, 0.717) is 17.0 Å². The first-order valence-electron chi connectivity index (χ1n) is 9.28. The zero-order chi connectivity index (χ0) is 20.9. The predicted octanol–water partition coefficient (Wildman–Crippen LogP) is 3.14. The molecule has 0 aliphatic carbocycles. The molecule has 150 valence electrons. The van der Waals surface area contributed by atoms with Gasteiger partial charge in [0, 0.05) is 5.56 Å². The van der Waals surface area contributed by atoms with Crippen LogP contribution in [0.2, 0.25) is 0 Å². The third kappa shape index (κ3) is 4.12. The van der Waals surface area contributed by atoms with E-state index < -0.39 is 12.0 Å². The van der Waals surface area contributed by atoms with Crippen molar-refractivity contribution in [2.45, 2.75) is 13.0 Å². The highest BCUT2D eigenvalue weighted by Crippen LogP contribution is 2.21. The number of nitrogens with two attached hydrogens (primary N) is 1. The molecule has 4 aromatic rings. The molecule has 1 atom stereocenters. The fraction of sp³-hybridized carbons (Fsp3) is 0.0909. The average Bonchev–Trinajstić information content (AvgIpc) is 3.20.